The van der Waals surface area contributed by atoms with Gasteiger partial charge in [-0.3, -0.25) is 9.98 Å². The van der Waals surface area contributed by atoms with Crippen LogP contribution in [0.1, 0.15) is 48.6 Å². The molecule has 0 aromatic heterocycles. The molecule has 0 saturated heterocycles. The van der Waals surface area contributed by atoms with Crippen molar-refractivity contribution in [1.82, 2.24) is 5.32 Å². The number of hydrogen-bond acceptors (Lipinski definition) is 3. The second-order valence-corrected chi connectivity index (χ2v) is 13.4. The average Bonchev–Trinajstić information content (AvgIpc) is 3.20. The fourth-order valence-corrected chi connectivity index (χ4v) is 8.06. The average molecular weight is 674 g/mol. The summed E-state index contributed by atoms with van der Waals surface area (Å²) < 4.78 is 0. The van der Waals surface area contributed by atoms with Crippen molar-refractivity contribution < 1.29 is 0 Å². The molecule has 0 fully saturated rings. The maximum Gasteiger partial charge on any atom is 0.0997 e. The van der Waals surface area contributed by atoms with Gasteiger partial charge in [-0.1, -0.05) is 134 Å². The highest BCUT2D eigenvalue weighted by atomic mass is 15.0. The Hall–Kier alpha value is -6.06. The second kappa shape index (κ2) is 14.7. The molecule has 5 aromatic carbocycles. The predicted molar refractivity (Wildman–Crippen MR) is 224 cm³/mol. The minimum absolute atomic E-state index is 0.0895. The molecule has 2 atom stereocenters. The number of hydrogen-bond donors (Lipinski definition) is 1. The third-order valence-electron chi connectivity index (χ3n) is 10.4. The molecule has 3 heteroatoms. The number of rotatable bonds is 8. The highest BCUT2D eigenvalue weighted by molar-refractivity contribution is 6.17. The summed E-state index contributed by atoms with van der Waals surface area (Å²) in [6, 6.07) is 33.4. The molecule has 254 valence electrons. The highest BCUT2D eigenvalue weighted by Gasteiger charge is 2.31. The second-order valence-electron chi connectivity index (χ2n) is 13.4. The first-order valence-electron chi connectivity index (χ1n) is 18.4. The van der Waals surface area contributed by atoms with Crippen molar-refractivity contribution in [3.05, 3.63) is 191 Å². The number of nitrogens with zero attached hydrogens (tertiary/aromatic N) is 2. The van der Waals surface area contributed by atoms with Crippen molar-refractivity contribution in [1.29, 1.82) is 0 Å². The first-order chi connectivity index (χ1) is 25.7. The van der Waals surface area contributed by atoms with E-state index in [0.29, 0.717) is 0 Å². The molecule has 0 radical (unpaired) electrons. The van der Waals surface area contributed by atoms with E-state index in [-0.39, 0.29) is 12.0 Å². The molecule has 5 aromatic rings. The van der Waals surface area contributed by atoms with Gasteiger partial charge in [0.15, 0.2) is 0 Å². The van der Waals surface area contributed by atoms with Crippen LogP contribution in [-0.4, -0.2) is 24.5 Å². The largest absolute Gasteiger partial charge is 0.383 e. The van der Waals surface area contributed by atoms with Crippen LogP contribution in [-0.2, 0) is 6.42 Å². The molecule has 0 saturated carbocycles. The number of nitrogens with one attached hydrogen (secondary N) is 1. The lowest BCUT2D eigenvalue weighted by Crippen LogP contribution is -2.34. The summed E-state index contributed by atoms with van der Waals surface area (Å²) in [4.78, 5) is 10.0. The molecular formula is C49H43N3. The molecule has 2 aliphatic heterocycles. The minimum Gasteiger partial charge on any atom is -0.383 e. The van der Waals surface area contributed by atoms with Crippen molar-refractivity contribution in [3.63, 3.8) is 0 Å². The molecule has 2 unspecified atom stereocenters. The maximum atomic E-state index is 5.14. The van der Waals surface area contributed by atoms with Crippen LogP contribution in [0.2, 0.25) is 0 Å². The van der Waals surface area contributed by atoms with E-state index in [1.165, 1.54) is 66.2 Å². The van der Waals surface area contributed by atoms with Crippen molar-refractivity contribution in [2.24, 2.45) is 15.9 Å². The first-order valence-corrected chi connectivity index (χ1v) is 18.4. The van der Waals surface area contributed by atoms with E-state index in [2.05, 4.69) is 153 Å². The number of aryl methyl sites for hydroxylation is 1. The van der Waals surface area contributed by atoms with Gasteiger partial charge in [0, 0.05) is 47.3 Å². The maximum absolute atomic E-state index is 5.14. The van der Waals surface area contributed by atoms with Gasteiger partial charge in [-0.2, -0.15) is 0 Å². The molecule has 1 N–H and O–H groups in total. The van der Waals surface area contributed by atoms with Crippen LogP contribution in [0.5, 0.6) is 0 Å². The van der Waals surface area contributed by atoms with Crippen molar-refractivity contribution >= 4 is 45.1 Å². The zero-order valence-electron chi connectivity index (χ0n) is 30.1. The monoisotopic (exact) mass is 673 g/mol. The van der Waals surface area contributed by atoms with Crippen LogP contribution in [0.3, 0.4) is 0 Å². The summed E-state index contributed by atoms with van der Waals surface area (Å²) in [6.07, 6.45) is 26.5. The van der Waals surface area contributed by atoms with Gasteiger partial charge >= 0.3 is 0 Å². The van der Waals surface area contributed by atoms with E-state index >= 15 is 0 Å². The van der Waals surface area contributed by atoms with Crippen molar-refractivity contribution in [3.8, 4) is 11.1 Å². The lowest BCUT2D eigenvalue weighted by Gasteiger charge is -2.33. The smallest absolute Gasteiger partial charge is 0.0997 e. The van der Waals surface area contributed by atoms with E-state index in [1.54, 1.807) is 0 Å². The topological polar surface area (TPSA) is 36.8 Å². The number of fused-ring (bicyclic) bond motifs is 4. The molecule has 0 bridgehead atoms. The van der Waals surface area contributed by atoms with E-state index in [1.807, 2.05) is 37.6 Å². The zero-order valence-corrected chi connectivity index (χ0v) is 30.1. The molecule has 1 aliphatic carbocycles. The summed E-state index contributed by atoms with van der Waals surface area (Å²) in [5.41, 5.74) is 13.1. The van der Waals surface area contributed by atoms with Gasteiger partial charge in [0.25, 0.3) is 0 Å². The minimum atomic E-state index is 0.0895. The summed E-state index contributed by atoms with van der Waals surface area (Å²) in [6.45, 7) is 7.14. The number of aliphatic imine (C=N–C) groups is 2. The fourth-order valence-electron chi connectivity index (χ4n) is 8.06. The molecule has 8 rings (SSSR count). The number of dihydropyridines is 2. The van der Waals surface area contributed by atoms with E-state index in [9.17, 15) is 0 Å². The molecule has 52 heavy (non-hydrogen) atoms. The molecule has 0 spiro atoms. The van der Waals surface area contributed by atoms with E-state index in [0.717, 1.165) is 29.8 Å². The van der Waals surface area contributed by atoms with Crippen LogP contribution >= 0.6 is 0 Å². The quantitative estimate of drug-likeness (QED) is 0.129. The summed E-state index contributed by atoms with van der Waals surface area (Å²) in [5.74, 6) is 0.284. The SMILES string of the molecule is C\C=C/C=C/N=C(/c1cccc(-c2cc(/C=C\C)c(C3=CCNC4=C3C=CC3C=CC=NC43)c3ccccc23)c1)c1ccc2ccccc2c1CC. The molecule has 3 nitrogen and oxygen atoms in total. The van der Waals surface area contributed by atoms with Crippen molar-refractivity contribution in [2.45, 2.75) is 33.2 Å². The fraction of sp³-hybridized carbons (Fsp3) is 0.143. The third kappa shape index (κ3) is 6.03. The van der Waals surface area contributed by atoms with Crippen LogP contribution in [0, 0.1) is 5.92 Å². The predicted octanol–water partition coefficient (Wildman–Crippen LogP) is 11.6. The van der Waals surface area contributed by atoms with Crippen LogP contribution in [0.15, 0.2) is 173 Å². The lowest BCUT2D eigenvalue weighted by molar-refractivity contribution is 0.597. The van der Waals surface area contributed by atoms with Crippen LogP contribution < -0.4 is 5.32 Å². The van der Waals surface area contributed by atoms with Crippen LogP contribution in [0.4, 0.5) is 0 Å². The Kier molecular flexibility index (Phi) is 9.33. The number of benzene rings is 5. The van der Waals surface area contributed by atoms with E-state index in [4.69, 9.17) is 9.98 Å². The Labute approximate surface area is 307 Å². The van der Waals surface area contributed by atoms with Gasteiger partial charge in [-0.15, -0.1) is 0 Å². The Morgan fingerprint density at radius 3 is 2.56 bits per heavy atom. The Balaban J connectivity index is 1.30. The Bertz CT molecular complexity index is 2480. The van der Waals surface area contributed by atoms with Gasteiger partial charge in [-0.05, 0) is 99.5 Å². The normalized spacial score (nSPS) is 18.5. The molecule has 2 heterocycles. The third-order valence-corrected chi connectivity index (χ3v) is 10.4. The Morgan fingerprint density at radius 2 is 1.71 bits per heavy atom. The van der Waals surface area contributed by atoms with E-state index < -0.39 is 0 Å². The molecule has 3 aliphatic rings. The van der Waals surface area contributed by atoms with Gasteiger partial charge in [0.2, 0.25) is 0 Å². The number of allylic oxidation sites excluding steroid dienone is 8. The summed E-state index contributed by atoms with van der Waals surface area (Å²) in [7, 11) is 0. The van der Waals surface area contributed by atoms with Gasteiger partial charge < -0.3 is 5.32 Å². The van der Waals surface area contributed by atoms with Crippen molar-refractivity contribution in [2.75, 3.05) is 6.54 Å². The zero-order chi connectivity index (χ0) is 35.4. The first kappa shape index (κ1) is 33.1. The summed E-state index contributed by atoms with van der Waals surface area (Å²) >= 11 is 0. The lowest BCUT2D eigenvalue weighted by atomic mass is 9.79. The highest BCUT2D eigenvalue weighted by Crippen LogP contribution is 2.43. The van der Waals surface area contributed by atoms with Crippen LogP contribution in [0.25, 0.3) is 44.3 Å². The van der Waals surface area contributed by atoms with Gasteiger partial charge in [-0.25, -0.2) is 0 Å². The molecule has 0 amide bonds. The Morgan fingerprint density at radius 1 is 0.865 bits per heavy atom. The molecular weight excluding hydrogens is 631 g/mol. The standard InChI is InChI=1S/C49H43N3/c1-4-7-12-28-50-47(43-25-23-33-16-8-9-20-39(33)38(43)6-3)37-18-13-17-35(31-37)45-32-36(15-5-2)46(41-22-11-10-21-40(41)45)42-27-30-52-49-44(42)26-24-34-19-14-29-51-48(34)49/h4-5,7-29,31-32,34,48,52H,6,30H2,1-3H3/b7-4-,15-5-,28-12+,50-47-. The van der Waals surface area contributed by atoms with Gasteiger partial charge in [0.1, 0.15) is 0 Å². The van der Waals surface area contributed by atoms with Gasteiger partial charge in [0.05, 0.1) is 11.8 Å². The summed E-state index contributed by atoms with van der Waals surface area (Å²) in [5, 5.41) is 8.70.